The Bertz CT molecular complexity index is 883. The predicted octanol–water partition coefficient (Wildman–Crippen LogP) is 2.99. The number of aliphatic hydroxyl groups excluding tert-OH is 2. The van der Waals surface area contributed by atoms with Crippen LogP contribution in [0.25, 0.3) is 0 Å². The van der Waals surface area contributed by atoms with Gasteiger partial charge in [0.15, 0.2) is 11.5 Å². The van der Waals surface area contributed by atoms with Gasteiger partial charge in [-0.3, -0.25) is 9.59 Å². The number of amides is 1. The largest absolute Gasteiger partial charge is 0.503 e. The Morgan fingerprint density at radius 3 is 2.52 bits per heavy atom. The molecular formula is C22H25NO6. The number of rotatable bonds is 9. The fourth-order valence-electron chi connectivity index (χ4n) is 3.40. The van der Waals surface area contributed by atoms with Crippen molar-refractivity contribution in [1.82, 2.24) is 4.90 Å². The molecule has 0 bridgehead atoms. The molecule has 0 saturated carbocycles. The van der Waals surface area contributed by atoms with Gasteiger partial charge in [-0.25, -0.2) is 0 Å². The summed E-state index contributed by atoms with van der Waals surface area (Å²) in [5.41, 5.74) is 1.83. The second kappa shape index (κ2) is 9.07. The Morgan fingerprint density at radius 1 is 1.21 bits per heavy atom. The van der Waals surface area contributed by atoms with Gasteiger partial charge in [-0.05, 0) is 29.2 Å². The molecule has 1 aromatic heterocycles. The Balaban J connectivity index is 1.97. The van der Waals surface area contributed by atoms with E-state index < -0.39 is 23.5 Å². The van der Waals surface area contributed by atoms with Crippen LogP contribution in [0.5, 0.6) is 0 Å². The fourth-order valence-corrected chi connectivity index (χ4v) is 3.40. The van der Waals surface area contributed by atoms with Crippen molar-refractivity contribution >= 4 is 11.7 Å². The van der Waals surface area contributed by atoms with Gasteiger partial charge in [-0.1, -0.05) is 38.1 Å². The topological polar surface area (TPSA) is 100 Å². The SMILES string of the molecule is CC(C)c1ccc(C2C(C(=O)c3ccco3)=C(O)C(=O)N2CCOCCO)cc1. The molecule has 0 spiro atoms. The summed E-state index contributed by atoms with van der Waals surface area (Å²) in [6.07, 6.45) is 1.37. The molecule has 1 aliphatic heterocycles. The number of benzene rings is 1. The number of hydrogen-bond donors (Lipinski definition) is 2. The molecule has 1 amide bonds. The summed E-state index contributed by atoms with van der Waals surface area (Å²) < 4.78 is 10.5. The molecule has 1 aromatic carbocycles. The van der Waals surface area contributed by atoms with E-state index in [-0.39, 0.29) is 37.7 Å². The number of hydrogen-bond acceptors (Lipinski definition) is 6. The first-order valence-electron chi connectivity index (χ1n) is 9.56. The third-order valence-electron chi connectivity index (χ3n) is 4.92. The Labute approximate surface area is 169 Å². The molecule has 1 aliphatic rings. The molecule has 7 heteroatoms. The van der Waals surface area contributed by atoms with Gasteiger partial charge >= 0.3 is 0 Å². The van der Waals surface area contributed by atoms with Crippen LogP contribution in [0.15, 0.2) is 58.4 Å². The number of furan rings is 1. The fraction of sp³-hybridized carbons (Fsp3) is 0.364. The van der Waals surface area contributed by atoms with Crippen LogP contribution in [0.4, 0.5) is 0 Å². The van der Waals surface area contributed by atoms with Crippen molar-refractivity contribution in [3.05, 3.63) is 70.9 Å². The van der Waals surface area contributed by atoms with E-state index in [9.17, 15) is 14.7 Å². The lowest BCUT2D eigenvalue weighted by Crippen LogP contribution is -2.34. The maximum Gasteiger partial charge on any atom is 0.290 e. The Morgan fingerprint density at radius 2 is 1.93 bits per heavy atom. The van der Waals surface area contributed by atoms with Gasteiger partial charge < -0.3 is 24.3 Å². The molecular weight excluding hydrogens is 374 g/mol. The van der Waals surface area contributed by atoms with E-state index in [4.69, 9.17) is 14.3 Å². The Kier molecular flexibility index (Phi) is 6.51. The number of ketones is 1. The van der Waals surface area contributed by atoms with Gasteiger partial charge in [-0.15, -0.1) is 0 Å². The van der Waals surface area contributed by atoms with Crippen molar-refractivity contribution in [2.75, 3.05) is 26.4 Å². The second-order valence-electron chi connectivity index (χ2n) is 7.13. The van der Waals surface area contributed by atoms with Crippen LogP contribution in [0.2, 0.25) is 0 Å². The molecule has 3 rings (SSSR count). The third-order valence-corrected chi connectivity index (χ3v) is 4.92. The normalized spacial score (nSPS) is 16.9. The van der Waals surface area contributed by atoms with Crippen LogP contribution in [0, 0.1) is 0 Å². The minimum Gasteiger partial charge on any atom is -0.503 e. The molecule has 2 aromatic rings. The average Bonchev–Trinajstić information content (AvgIpc) is 3.33. The third kappa shape index (κ3) is 4.26. The van der Waals surface area contributed by atoms with Gasteiger partial charge in [0.1, 0.15) is 0 Å². The second-order valence-corrected chi connectivity index (χ2v) is 7.13. The first-order valence-corrected chi connectivity index (χ1v) is 9.56. The average molecular weight is 399 g/mol. The van der Waals surface area contributed by atoms with Crippen LogP contribution in [-0.4, -0.2) is 53.2 Å². The highest BCUT2D eigenvalue weighted by atomic mass is 16.5. The smallest absolute Gasteiger partial charge is 0.290 e. The highest BCUT2D eigenvalue weighted by molar-refractivity contribution is 6.15. The lowest BCUT2D eigenvalue weighted by atomic mass is 9.93. The number of ether oxygens (including phenoxy) is 1. The predicted molar refractivity (Wildman–Crippen MR) is 106 cm³/mol. The summed E-state index contributed by atoms with van der Waals surface area (Å²) in [6, 6.07) is 9.96. The highest BCUT2D eigenvalue weighted by Gasteiger charge is 2.44. The zero-order chi connectivity index (χ0) is 21.0. The molecule has 2 N–H and O–H groups in total. The van der Waals surface area contributed by atoms with E-state index in [1.165, 1.54) is 17.2 Å². The zero-order valence-corrected chi connectivity index (χ0v) is 16.5. The standard InChI is InChI=1S/C22H25NO6/c1-14(2)15-5-7-16(8-6-15)19-18(20(25)17-4-3-11-29-17)21(26)22(27)23(19)9-12-28-13-10-24/h3-8,11,14,19,24,26H,9-10,12-13H2,1-2H3. The lowest BCUT2D eigenvalue weighted by Gasteiger charge is -2.27. The molecule has 0 radical (unpaired) electrons. The summed E-state index contributed by atoms with van der Waals surface area (Å²) in [7, 11) is 0. The van der Waals surface area contributed by atoms with Gasteiger partial charge in [0.05, 0.1) is 37.7 Å². The van der Waals surface area contributed by atoms with Crippen LogP contribution in [0.1, 0.15) is 47.5 Å². The maximum atomic E-state index is 13.0. The maximum absolute atomic E-state index is 13.0. The summed E-state index contributed by atoms with van der Waals surface area (Å²) >= 11 is 0. The van der Waals surface area contributed by atoms with Crippen molar-refractivity contribution in [2.45, 2.75) is 25.8 Å². The summed E-state index contributed by atoms with van der Waals surface area (Å²) in [5, 5.41) is 19.4. The molecule has 7 nitrogen and oxygen atoms in total. The molecule has 2 heterocycles. The Hall–Kier alpha value is -2.90. The molecule has 1 unspecified atom stereocenters. The monoisotopic (exact) mass is 399 g/mol. The van der Waals surface area contributed by atoms with E-state index in [1.807, 2.05) is 24.3 Å². The van der Waals surface area contributed by atoms with Crippen molar-refractivity contribution in [3.8, 4) is 0 Å². The molecule has 0 fully saturated rings. The van der Waals surface area contributed by atoms with Gasteiger partial charge in [-0.2, -0.15) is 0 Å². The first kappa shape index (κ1) is 20.8. The van der Waals surface area contributed by atoms with E-state index in [1.54, 1.807) is 6.07 Å². The lowest BCUT2D eigenvalue weighted by molar-refractivity contribution is -0.130. The van der Waals surface area contributed by atoms with E-state index >= 15 is 0 Å². The molecule has 29 heavy (non-hydrogen) atoms. The quantitative estimate of drug-likeness (QED) is 0.497. The molecule has 154 valence electrons. The first-order chi connectivity index (χ1) is 14.0. The number of Topliss-reactive ketones (excluding diaryl/α,β-unsaturated/α-hetero) is 1. The van der Waals surface area contributed by atoms with E-state index in [0.29, 0.717) is 11.5 Å². The van der Waals surface area contributed by atoms with Crippen molar-refractivity contribution in [1.29, 1.82) is 0 Å². The van der Waals surface area contributed by atoms with Gasteiger partial charge in [0.25, 0.3) is 5.91 Å². The minimum absolute atomic E-state index is 0.00981. The minimum atomic E-state index is -0.751. The number of nitrogens with zero attached hydrogens (tertiary/aromatic N) is 1. The summed E-state index contributed by atoms with van der Waals surface area (Å²) in [4.78, 5) is 27.1. The molecule has 1 atom stereocenters. The highest BCUT2D eigenvalue weighted by Crippen LogP contribution is 2.39. The molecule has 0 aliphatic carbocycles. The van der Waals surface area contributed by atoms with Gasteiger partial charge in [0, 0.05) is 6.54 Å². The van der Waals surface area contributed by atoms with Crippen LogP contribution in [-0.2, 0) is 9.53 Å². The summed E-state index contributed by atoms with van der Waals surface area (Å²) in [6.45, 7) is 4.51. The van der Waals surface area contributed by atoms with Crippen molar-refractivity contribution in [2.24, 2.45) is 0 Å². The molecule has 0 saturated heterocycles. The van der Waals surface area contributed by atoms with Crippen LogP contribution < -0.4 is 0 Å². The zero-order valence-electron chi connectivity index (χ0n) is 16.5. The number of aliphatic hydroxyl groups is 2. The number of carbonyl (C=O) groups is 2. The van der Waals surface area contributed by atoms with Gasteiger partial charge in [0.2, 0.25) is 5.78 Å². The van der Waals surface area contributed by atoms with Crippen LogP contribution >= 0.6 is 0 Å². The number of carbonyl (C=O) groups excluding carboxylic acids is 2. The van der Waals surface area contributed by atoms with Crippen LogP contribution in [0.3, 0.4) is 0 Å². The van der Waals surface area contributed by atoms with E-state index in [2.05, 4.69) is 13.8 Å². The van der Waals surface area contributed by atoms with Crippen molar-refractivity contribution < 1.29 is 29.0 Å². The summed E-state index contributed by atoms with van der Waals surface area (Å²) in [5.74, 6) is -1.35. The van der Waals surface area contributed by atoms with E-state index in [0.717, 1.165) is 5.56 Å². The van der Waals surface area contributed by atoms with Crippen molar-refractivity contribution in [3.63, 3.8) is 0 Å².